The van der Waals surface area contributed by atoms with Crippen LogP contribution in [0.15, 0.2) is 48.0 Å². The first-order valence-electron chi connectivity index (χ1n) is 8.06. The van der Waals surface area contributed by atoms with Crippen molar-refractivity contribution < 1.29 is 4.79 Å². The predicted octanol–water partition coefficient (Wildman–Crippen LogP) is 5.38. The second-order valence-corrected chi connectivity index (χ2v) is 6.81. The van der Waals surface area contributed by atoms with Gasteiger partial charge in [-0.05, 0) is 61.7 Å². The lowest BCUT2D eigenvalue weighted by atomic mass is 9.88. The molecule has 2 aromatic rings. The van der Waals surface area contributed by atoms with Crippen molar-refractivity contribution in [3.63, 3.8) is 0 Å². The molecule has 4 heteroatoms. The smallest absolute Gasteiger partial charge is 0.159 e. The number of halogens is 2. The second-order valence-electron chi connectivity index (χ2n) is 5.99. The van der Waals surface area contributed by atoms with Crippen LogP contribution in [0.1, 0.15) is 41.3 Å². The molecule has 1 N–H and O–H groups in total. The summed E-state index contributed by atoms with van der Waals surface area (Å²) in [6.07, 6.45) is 2.01. The van der Waals surface area contributed by atoms with E-state index in [0.717, 1.165) is 42.6 Å². The van der Waals surface area contributed by atoms with E-state index in [1.807, 2.05) is 42.5 Å². The van der Waals surface area contributed by atoms with Crippen molar-refractivity contribution in [2.24, 2.45) is 0 Å². The van der Waals surface area contributed by atoms with Crippen LogP contribution in [0, 0.1) is 0 Å². The molecule has 0 aromatic heterocycles. The third kappa shape index (κ3) is 3.72. The Morgan fingerprint density at radius 3 is 2.04 bits per heavy atom. The molecule has 0 bridgehead atoms. The molecule has 0 spiro atoms. The number of ketones is 1. The molecule has 1 saturated heterocycles. The quantitative estimate of drug-likeness (QED) is 0.745. The fourth-order valence-electron chi connectivity index (χ4n) is 3.08. The molecule has 1 aliphatic rings. The Morgan fingerprint density at radius 2 is 1.46 bits per heavy atom. The number of rotatable bonds is 3. The van der Waals surface area contributed by atoms with Gasteiger partial charge in [-0.2, -0.15) is 0 Å². The molecule has 124 valence electrons. The van der Waals surface area contributed by atoms with Gasteiger partial charge in [-0.15, -0.1) is 0 Å². The van der Waals surface area contributed by atoms with Gasteiger partial charge in [0.2, 0.25) is 0 Å². The number of hydrogen-bond acceptors (Lipinski definition) is 2. The molecule has 2 aromatic carbocycles. The van der Waals surface area contributed by atoms with Gasteiger partial charge in [-0.3, -0.25) is 4.79 Å². The number of carbonyl (C=O) groups excluding carboxylic acids is 1. The summed E-state index contributed by atoms with van der Waals surface area (Å²) in [5.74, 6) is 0.0761. The summed E-state index contributed by atoms with van der Waals surface area (Å²) in [6, 6.07) is 13.6. The van der Waals surface area contributed by atoms with Crippen LogP contribution < -0.4 is 5.32 Å². The summed E-state index contributed by atoms with van der Waals surface area (Å²) in [5.41, 5.74) is 5.50. The highest BCUT2D eigenvalue weighted by molar-refractivity contribution is 6.42. The van der Waals surface area contributed by atoms with Crippen molar-refractivity contribution in [1.82, 2.24) is 5.32 Å². The van der Waals surface area contributed by atoms with E-state index in [-0.39, 0.29) is 5.78 Å². The molecule has 24 heavy (non-hydrogen) atoms. The van der Waals surface area contributed by atoms with Crippen LogP contribution in [0.5, 0.6) is 0 Å². The van der Waals surface area contributed by atoms with Crippen LogP contribution in [0.2, 0.25) is 10.0 Å². The highest BCUT2D eigenvalue weighted by Crippen LogP contribution is 2.34. The van der Waals surface area contributed by atoms with Crippen LogP contribution in [-0.2, 0) is 0 Å². The van der Waals surface area contributed by atoms with E-state index < -0.39 is 0 Å². The van der Waals surface area contributed by atoms with E-state index in [0.29, 0.717) is 10.0 Å². The van der Waals surface area contributed by atoms with E-state index in [9.17, 15) is 4.79 Å². The summed E-state index contributed by atoms with van der Waals surface area (Å²) in [5, 5.41) is 4.51. The first-order chi connectivity index (χ1) is 11.6. The molecule has 2 nitrogen and oxygen atoms in total. The summed E-state index contributed by atoms with van der Waals surface area (Å²) < 4.78 is 0. The number of benzene rings is 2. The Labute approximate surface area is 152 Å². The highest BCUT2D eigenvalue weighted by Gasteiger charge is 2.16. The summed E-state index contributed by atoms with van der Waals surface area (Å²) in [4.78, 5) is 11.5. The van der Waals surface area contributed by atoms with E-state index >= 15 is 0 Å². The van der Waals surface area contributed by atoms with Crippen LogP contribution in [0.25, 0.3) is 5.57 Å². The van der Waals surface area contributed by atoms with E-state index in [1.165, 1.54) is 11.1 Å². The third-order valence-corrected chi connectivity index (χ3v) is 5.09. The molecule has 0 atom stereocenters. The summed E-state index contributed by atoms with van der Waals surface area (Å²) >= 11 is 12.3. The number of hydrogen-bond donors (Lipinski definition) is 1. The van der Waals surface area contributed by atoms with Crippen molar-refractivity contribution in [3.8, 4) is 0 Å². The van der Waals surface area contributed by atoms with E-state index in [2.05, 4.69) is 5.32 Å². The predicted molar refractivity (Wildman–Crippen MR) is 101 cm³/mol. The van der Waals surface area contributed by atoms with Crippen LogP contribution in [0.4, 0.5) is 0 Å². The topological polar surface area (TPSA) is 29.1 Å². The zero-order valence-corrected chi connectivity index (χ0v) is 15.0. The molecule has 3 rings (SSSR count). The molecule has 0 unspecified atom stereocenters. The maximum atomic E-state index is 11.5. The zero-order valence-electron chi connectivity index (χ0n) is 13.5. The summed E-state index contributed by atoms with van der Waals surface area (Å²) in [7, 11) is 0. The van der Waals surface area contributed by atoms with E-state index in [4.69, 9.17) is 23.2 Å². The molecule has 1 fully saturated rings. The van der Waals surface area contributed by atoms with Crippen LogP contribution in [0.3, 0.4) is 0 Å². The van der Waals surface area contributed by atoms with Crippen molar-refractivity contribution in [3.05, 3.63) is 74.8 Å². The number of piperidine rings is 1. The Bertz CT molecular complexity index is 786. The van der Waals surface area contributed by atoms with Gasteiger partial charge in [-0.25, -0.2) is 0 Å². The molecule has 0 radical (unpaired) electrons. The van der Waals surface area contributed by atoms with Gasteiger partial charge >= 0.3 is 0 Å². The van der Waals surface area contributed by atoms with Crippen molar-refractivity contribution >= 4 is 34.6 Å². The molecule has 1 heterocycles. The SMILES string of the molecule is CC(=O)c1ccc(C(=C2CCNCC2)c2ccc(Cl)c(Cl)c2)cc1. The van der Waals surface area contributed by atoms with Gasteiger partial charge in [0.15, 0.2) is 5.78 Å². The molecule has 0 amide bonds. The van der Waals surface area contributed by atoms with Gasteiger partial charge in [0.1, 0.15) is 0 Å². The van der Waals surface area contributed by atoms with Gasteiger partial charge in [-0.1, -0.05) is 59.1 Å². The van der Waals surface area contributed by atoms with Crippen molar-refractivity contribution in [1.29, 1.82) is 0 Å². The second kappa shape index (κ2) is 7.52. The van der Waals surface area contributed by atoms with Crippen LogP contribution >= 0.6 is 23.2 Å². The normalized spacial score (nSPS) is 14.5. The third-order valence-electron chi connectivity index (χ3n) is 4.35. The van der Waals surface area contributed by atoms with Crippen molar-refractivity contribution in [2.75, 3.05) is 13.1 Å². The first-order valence-corrected chi connectivity index (χ1v) is 8.81. The minimum absolute atomic E-state index is 0.0761. The number of carbonyl (C=O) groups is 1. The zero-order chi connectivity index (χ0) is 17.1. The highest BCUT2D eigenvalue weighted by atomic mass is 35.5. The molecular formula is C20H19Cl2NO. The Hall–Kier alpha value is -1.61. The standard InChI is InChI=1S/C20H19Cl2NO/c1-13(24)14-2-4-15(5-3-14)20(16-8-10-23-11-9-16)17-6-7-18(21)19(22)12-17/h2-7,12,23H,8-11H2,1H3. The Kier molecular flexibility index (Phi) is 5.40. The molecular weight excluding hydrogens is 341 g/mol. The van der Waals surface area contributed by atoms with Gasteiger partial charge in [0.25, 0.3) is 0 Å². The van der Waals surface area contributed by atoms with Gasteiger partial charge < -0.3 is 5.32 Å². The Balaban J connectivity index is 2.11. The molecule has 0 saturated carbocycles. The summed E-state index contributed by atoms with van der Waals surface area (Å²) in [6.45, 7) is 3.54. The largest absolute Gasteiger partial charge is 0.316 e. The molecule has 0 aliphatic carbocycles. The number of Topliss-reactive ketones (excluding diaryl/α,β-unsaturated/α-hetero) is 1. The minimum atomic E-state index is 0.0761. The van der Waals surface area contributed by atoms with Gasteiger partial charge in [0.05, 0.1) is 10.0 Å². The maximum Gasteiger partial charge on any atom is 0.159 e. The average Bonchev–Trinajstić information content (AvgIpc) is 2.60. The maximum absolute atomic E-state index is 11.5. The lowest BCUT2D eigenvalue weighted by molar-refractivity contribution is 0.101. The number of nitrogens with one attached hydrogen (secondary N) is 1. The fraction of sp³-hybridized carbons (Fsp3) is 0.250. The first kappa shape index (κ1) is 17.2. The van der Waals surface area contributed by atoms with Crippen molar-refractivity contribution in [2.45, 2.75) is 19.8 Å². The fourth-order valence-corrected chi connectivity index (χ4v) is 3.37. The molecule has 1 aliphatic heterocycles. The van der Waals surface area contributed by atoms with Crippen LogP contribution in [-0.4, -0.2) is 18.9 Å². The Morgan fingerprint density at radius 1 is 0.875 bits per heavy atom. The minimum Gasteiger partial charge on any atom is -0.316 e. The average molecular weight is 360 g/mol. The monoisotopic (exact) mass is 359 g/mol. The van der Waals surface area contributed by atoms with E-state index in [1.54, 1.807) is 6.92 Å². The lowest BCUT2D eigenvalue weighted by Crippen LogP contribution is -2.23. The van der Waals surface area contributed by atoms with Gasteiger partial charge in [0, 0.05) is 5.56 Å². The lowest BCUT2D eigenvalue weighted by Gasteiger charge is -2.21.